The zero-order valence-corrected chi connectivity index (χ0v) is 18.5. The third kappa shape index (κ3) is 8.21. The molecule has 3 atom stereocenters. The monoisotopic (exact) mass is 424 g/mol. The Bertz CT molecular complexity index is 589. The summed E-state index contributed by atoms with van der Waals surface area (Å²) >= 11 is 0. The van der Waals surface area contributed by atoms with Crippen LogP contribution < -0.4 is 10.6 Å². The number of nitrogens with zero attached hydrogens (tertiary/aromatic N) is 2. The summed E-state index contributed by atoms with van der Waals surface area (Å²) in [6, 6.07) is 4.73. The van der Waals surface area contributed by atoms with E-state index in [1.54, 1.807) is 0 Å². The van der Waals surface area contributed by atoms with Crippen LogP contribution in [-0.4, -0.2) is 61.2 Å². The van der Waals surface area contributed by atoms with E-state index in [1.165, 1.54) is 18.5 Å². The zero-order chi connectivity index (χ0) is 19.6. The molecule has 3 rings (SSSR count). The molecule has 3 heterocycles. The van der Waals surface area contributed by atoms with Crippen molar-refractivity contribution < 1.29 is 9.53 Å². The molecule has 0 radical (unpaired) electrons. The van der Waals surface area contributed by atoms with Crippen LogP contribution in [0, 0.1) is 11.8 Å². The van der Waals surface area contributed by atoms with Gasteiger partial charge in [-0.3, -0.25) is 14.7 Å². The first-order valence-electron chi connectivity index (χ1n) is 10.9. The highest BCUT2D eigenvalue weighted by molar-refractivity contribution is 5.85. The van der Waals surface area contributed by atoms with Gasteiger partial charge in [-0.15, -0.1) is 12.4 Å². The minimum atomic E-state index is 0. The fourth-order valence-electron chi connectivity index (χ4n) is 4.61. The molecule has 2 aliphatic rings. The van der Waals surface area contributed by atoms with E-state index in [0.717, 1.165) is 58.0 Å². The molecule has 0 aliphatic carbocycles. The molecule has 0 unspecified atom stereocenters. The number of carbonyl (C=O) groups is 1. The normalized spacial score (nSPS) is 24.0. The lowest BCUT2D eigenvalue weighted by atomic mass is 9.79. The average Bonchev–Trinajstić information content (AvgIpc) is 2.70. The zero-order valence-electron chi connectivity index (χ0n) is 17.6. The molecule has 29 heavy (non-hydrogen) atoms. The number of pyridine rings is 1. The molecule has 7 heteroatoms. The van der Waals surface area contributed by atoms with E-state index in [4.69, 9.17) is 4.74 Å². The SMILES string of the molecule is CCOCCCNC(=O)CCC[C@H]1NC[C@@H]2C[C@@H]1CN(Cc1cccnc1)C2.Cl. The number of rotatable bonds is 11. The number of ether oxygens (including phenoxy) is 1. The largest absolute Gasteiger partial charge is 0.382 e. The second-order valence-electron chi connectivity index (χ2n) is 8.22. The lowest BCUT2D eigenvalue weighted by Crippen LogP contribution is -2.55. The van der Waals surface area contributed by atoms with Gasteiger partial charge >= 0.3 is 0 Å². The van der Waals surface area contributed by atoms with E-state index >= 15 is 0 Å². The first-order chi connectivity index (χ1) is 13.7. The van der Waals surface area contributed by atoms with Gasteiger partial charge in [0.15, 0.2) is 0 Å². The Kier molecular flexibility index (Phi) is 10.9. The summed E-state index contributed by atoms with van der Waals surface area (Å²) in [5, 5.41) is 6.76. The van der Waals surface area contributed by atoms with Crippen LogP contribution in [0.25, 0.3) is 0 Å². The van der Waals surface area contributed by atoms with E-state index in [0.29, 0.717) is 24.9 Å². The number of aromatic nitrogens is 1. The van der Waals surface area contributed by atoms with Gasteiger partial charge in [-0.25, -0.2) is 0 Å². The van der Waals surface area contributed by atoms with Crippen LogP contribution >= 0.6 is 12.4 Å². The maximum absolute atomic E-state index is 12.0. The Labute approximate surface area is 181 Å². The number of likely N-dealkylation sites (tertiary alicyclic amines) is 1. The van der Waals surface area contributed by atoms with E-state index in [1.807, 2.05) is 25.4 Å². The average molecular weight is 425 g/mol. The van der Waals surface area contributed by atoms with Gasteiger partial charge in [-0.1, -0.05) is 6.07 Å². The predicted octanol–water partition coefficient (Wildman–Crippen LogP) is 2.63. The number of amides is 1. The van der Waals surface area contributed by atoms with Crippen LogP contribution in [0.15, 0.2) is 24.5 Å². The van der Waals surface area contributed by atoms with Gasteiger partial charge in [-0.05, 0) is 62.6 Å². The van der Waals surface area contributed by atoms with Gasteiger partial charge in [0, 0.05) is 64.2 Å². The maximum atomic E-state index is 12.0. The van der Waals surface area contributed by atoms with Crippen molar-refractivity contribution in [1.29, 1.82) is 0 Å². The van der Waals surface area contributed by atoms with Crippen molar-refractivity contribution >= 4 is 18.3 Å². The smallest absolute Gasteiger partial charge is 0.219 e. The van der Waals surface area contributed by atoms with Gasteiger partial charge in [0.1, 0.15) is 0 Å². The van der Waals surface area contributed by atoms with Gasteiger partial charge in [0.2, 0.25) is 5.91 Å². The van der Waals surface area contributed by atoms with Crippen molar-refractivity contribution in [2.45, 2.75) is 51.6 Å². The van der Waals surface area contributed by atoms with Crippen molar-refractivity contribution in [3.63, 3.8) is 0 Å². The standard InChI is InChI=1S/C22H36N4O2.ClH/c1-2-28-11-5-10-24-22(27)8-3-7-21-20-12-19(14-25-21)16-26(17-20)15-18-6-4-9-23-13-18;/h4,6,9,13,19-21,25H,2-3,5,7-8,10-12,14-17H2,1H3,(H,24,27);1H/t19-,20+,21+;/m0./s1. The van der Waals surface area contributed by atoms with Crippen molar-refractivity contribution in [1.82, 2.24) is 20.5 Å². The summed E-state index contributed by atoms with van der Waals surface area (Å²) < 4.78 is 5.29. The Balaban J connectivity index is 0.00000300. The highest BCUT2D eigenvalue weighted by atomic mass is 35.5. The fraction of sp³-hybridized carbons (Fsp3) is 0.727. The maximum Gasteiger partial charge on any atom is 0.219 e. The topological polar surface area (TPSA) is 66.5 Å². The third-order valence-electron chi connectivity index (χ3n) is 5.92. The number of carbonyl (C=O) groups excluding carboxylic acids is 1. The molecule has 1 amide bonds. The van der Waals surface area contributed by atoms with Gasteiger partial charge in [0.05, 0.1) is 0 Å². The van der Waals surface area contributed by atoms with Gasteiger partial charge < -0.3 is 15.4 Å². The molecule has 1 aromatic heterocycles. The lowest BCUT2D eigenvalue weighted by Gasteiger charge is -2.46. The Hall–Kier alpha value is -1.21. The van der Waals surface area contributed by atoms with Crippen LogP contribution in [0.5, 0.6) is 0 Å². The molecule has 2 bridgehead atoms. The molecular weight excluding hydrogens is 388 g/mol. The van der Waals surface area contributed by atoms with Crippen molar-refractivity contribution in [2.24, 2.45) is 11.8 Å². The van der Waals surface area contributed by atoms with Crippen LogP contribution in [-0.2, 0) is 16.1 Å². The van der Waals surface area contributed by atoms with Gasteiger partial charge in [-0.2, -0.15) is 0 Å². The third-order valence-corrected chi connectivity index (χ3v) is 5.92. The van der Waals surface area contributed by atoms with E-state index in [-0.39, 0.29) is 18.3 Å². The van der Waals surface area contributed by atoms with E-state index in [9.17, 15) is 4.79 Å². The molecule has 2 fully saturated rings. The first-order valence-corrected chi connectivity index (χ1v) is 10.9. The molecule has 2 saturated heterocycles. The summed E-state index contributed by atoms with van der Waals surface area (Å²) in [5.41, 5.74) is 1.30. The molecule has 1 aromatic rings. The fourth-order valence-corrected chi connectivity index (χ4v) is 4.61. The van der Waals surface area contributed by atoms with Crippen LogP contribution in [0.1, 0.15) is 44.6 Å². The molecule has 0 spiro atoms. The first kappa shape index (κ1) is 24.1. The van der Waals surface area contributed by atoms with Crippen molar-refractivity contribution in [3.05, 3.63) is 30.1 Å². The minimum Gasteiger partial charge on any atom is -0.382 e. The number of piperidine rings is 2. The summed E-state index contributed by atoms with van der Waals surface area (Å²) in [6.45, 7) is 8.60. The molecular formula is C22H37ClN4O2. The molecule has 2 aliphatic heterocycles. The number of halogens is 1. The molecule has 0 aromatic carbocycles. The van der Waals surface area contributed by atoms with E-state index < -0.39 is 0 Å². The summed E-state index contributed by atoms with van der Waals surface area (Å²) in [5.74, 6) is 1.62. The Morgan fingerprint density at radius 3 is 3.07 bits per heavy atom. The number of hydrogen-bond acceptors (Lipinski definition) is 5. The predicted molar refractivity (Wildman–Crippen MR) is 118 cm³/mol. The Morgan fingerprint density at radius 2 is 2.28 bits per heavy atom. The Morgan fingerprint density at radius 1 is 1.38 bits per heavy atom. The highest BCUT2D eigenvalue weighted by Gasteiger charge is 2.36. The summed E-state index contributed by atoms with van der Waals surface area (Å²) in [7, 11) is 0. The van der Waals surface area contributed by atoms with Crippen LogP contribution in [0.4, 0.5) is 0 Å². The molecule has 6 nitrogen and oxygen atoms in total. The summed E-state index contributed by atoms with van der Waals surface area (Å²) in [4.78, 5) is 18.8. The molecule has 164 valence electrons. The van der Waals surface area contributed by atoms with Crippen molar-refractivity contribution in [2.75, 3.05) is 39.4 Å². The number of nitrogens with one attached hydrogen (secondary N) is 2. The highest BCUT2D eigenvalue weighted by Crippen LogP contribution is 2.31. The quantitative estimate of drug-likeness (QED) is 0.534. The minimum absolute atomic E-state index is 0. The van der Waals surface area contributed by atoms with Gasteiger partial charge in [0.25, 0.3) is 0 Å². The van der Waals surface area contributed by atoms with Crippen molar-refractivity contribution in [3.8, 4) is 0 Å². The van der Waals surface area contributed by atoms with Crippen LogP contribution in [0.2, 0.25) is 0 Å². The van der Waals surface area contributed by atoms with E-state index in [2.05, 4.69) is 26.6 Å². The number of hydrogen-bond donors (Lipinski definition) is 2. The second-order valence-corrected chi connectivity index (χ2v) is 8.22. The molecule has 2 N–H and O–H groups in total. The number of fused-ring (bicyclic) bond motifs is 2. The summed E-state index contributed by atoms with van der Waals surface area (Å²) in [6.07, 6.45) is 8.70. The second kappa shape index (κ2) is 13.2. The lowest BCUT2D eigenvalue weighted by molar-refractivity contribution is -0.121. The molecule has 0 saturated carbocycles. The van der Waals surface area contributed by atoms with Crippen LogP contribution in [0.3, 0.4) is 0 Å².